The van der Waals surface area contributed by atoms with E-state index in [1.807, 2.05) is 12.1 Å². The number of aryl methyl sites for hydroxylation is 1. The molecule has 2 heterocycles. The number of benzene rings is 1. The molecule has 0 bridgehead atoms. The number of aromatic amines is 1. The van der Waals surface area contributed by atoms with E-state index in [0.29, 0.717) is 15.7 Å². The Balaban J connectivity index is 1.53. The fraction of sp³-hybridized carbons (Fsp3) is 0.444. The fourth-order valence-corrected chi connectivity index (χ4v) is 4.24. The van der Waals surface area contributed by atoms with Gasteiger partial charge in [0, 0.05) is 11.8 Å². The quantitative estimate of drug-likeness (QED) is 0.617. The largest absolute Gasteiger partial charge is 0.297 e. The van der Waals surface area contributed by atoms with Crippen LogP contribution in [0.1, 0.15) is 50.2 Å². The maximum absolute atomic E-state index is 13.1. The van der Waals surface area contributed by atoms with E-state index >= 15 is 0 Å². The van der Waals surface area contributed by atoms with Crippen molar-refractivity contribution in [1.82, 2.24) is 25.1 Å². The number of alkyl halides is 2. The van der Waals surface area contributed by atoms with Gasteiger partial charge in [0.05, 0.1) is 5.52 Å². The van der Waals surface area contributed by atoms with Crippen LogP contribution in [0, 0.1) is 5.92 Å². The summed E-state index contributed by atoms with van der Waals surface area (Å²) in [7, 11) is 0. The minimum absolute atomic E-state index is 0.451. The maximum atomic E-state index is 13.1. The van der Waals surface area contributed by atoms with Gasteiger partial charge >= 0.3 is 0 Å². The van der Waals surface area contributed by atoms with Gasteiger partial charge in [0.25, 0.3) is 6.43 Å². The third-order valence-electron chi connectivity index (χ3n) is 4.74. The Labute approximate surface area is 154 Å². The molecule has 1 N–H and O–H groups in total. The first-order valence-electron chi connectivity index (χ1n) is 8.83. The second-order valence-corrected chi connectivity index (χ2v) is 7.52. The molecule has 26 heavy (non-hydrogen) atoms. The van der Waals surface area contributed by atoms with Crippen LogP contribution in [-0.4, -0.2) is 25.1 Å². The van der Waals surface area contributed by atoms with Gasteiger partial charge in [-0.05, 0) is 30.2 Å². The molecule has 4 rings (SSSR count). The molecule has 1 aliphatic rings. The van der Waals surface area contributed by atoms with Crippen molar-refractivity contribution >= 4 is 22.7 Å². The summed E-state index contributed by atoms with van der Waals surface area (Å²) < 4.78 is 26.2. The van der Waals surface area contributed by atoms with Crippen molar-refractivity contribution in [3.63, 3.8) is 0 Å². The number of hydrogen-bond acceptors (Lipinski definition) is 5. The van der Waals surface area contributed by atoms with Crippen LogP contribution in [-0.2, 0) is 6.42 Å². The van der Waals surface area contributed by atoms with Gasteiger partial charge in [-0.15, -0.1) is 5.10 Å². The zero-order valence-electron chi connectivity index (χ0n) is 14.2. The summed E-state index contributed by atoms with van der Waals surface area (Å²) in [6.45, 7) is 0. The van der Waals surface area contributed by atoms with Gasteiger partial charge in [0.1, 0.15) is 10.9 Å². The molecule has 5 nitrogen and oxygen atoms in total. The van der Waals surface area contributed by atoms with Crippen molar-refractivity contribution in [2.45, 2.75) is 55.1 Å². The van der Waals surface area contributed by atoms with Crippen molar-refractivity contribution in [2.75, 3.05) is 0 Å². The first-order chi connectivity index (χ1) is 12.7. The number of hydrogen-bond donors (Lipinski definition) is 1. The lowest BCUT2D eigenvalue weighted by Gasteiger charge is -2.06. The lowest BCUT2D eigenvalue weighted by atomic mass is 10.0. The van der Waals surface area contributed by atoms with Crippen LogP contribution in [0.4, 0.5) is 8.78 Å². The zero-order chi connectivity index (χ0) is 17.9. The molecule has 0 unspecified atom stereocenters. The lowest BCUT2D eigenvalue weighted by molar-refractivity contribution is 0.140. The number of para-hydroxylation sites is 1. The summed E-state index contributed by atoms with van der Waals surface area (Å²) in [6, 6.07) is 7.13. The van der Waals surface area contributed by atoms with Gasteiger partial charge in [-0.1, -0.05) is 43.9 Å². The van der Waals surface area contributed by atoms with Crippen LogP contribution >= 0.6 is 11.8 Å². The van der Waals surface area contributed by atoms with Crippen LogP contribution in [0.25, 0.3) is 10.9 Å². The van der Waals surface area contributed by atoms with Crippen molar-refractivity contribution < 1.29 is 8.78 Å². The molecular formula is C18H19F2N5S. The Morgan fingerprint density at radius 1 is 1.12 bits per heavy atom. The van der Waals surface area contributed by atoms with Gasteiger partial charge in [-0.25, -0.2) is 23.7 Å². The van der Waals surface area contributed by atoms with E-state index in [2.05, 4.69) is 25.1 Å². The highest BCUT2D eigenvalue weighted by molar-refractivity contribution is 7.99. The highest BCUT2D eigenvalue weighted by atomic mass is 32.2. The van der Waals surface area contributed by atoms with Crippen LogP contribution in [0.5, 0.6) is 0 Å². The molecule has 0 saturated heterocycles. The summed E-state index contributed by atoms with van der Waals surface area (Å²) in [5.74, 6) is 1.16. The number of nitrogens with one attached hydrogen (secondary N) is 1. The molecule has 0 aliphatic heterocycles. The van der Waals surface area contributed by atoms with Crippen molar-refractivity contribution in [3.8, 4) is 0 Å². The number of fused-ring (bicyclic) bond motifs is 1. The van der Waals surface area contributed by atoms with E-state index in [1.165, 1.54) is 37.4 Å². The molecule has 0 spiro atoms. The minimum atomic E-state index is -2.71. The van der Waals surface area contributed by atoms with E-state index in [4.69, 9.17) is 0 Å². The highest BCUT2D eigenvalue weighted by Crippen LogP contribution is 2.32. The Morgan fingerprint density at radius 3 is 2.73 bits per heavy atom. The number of rotatable bonds is 6. The normalized spacial score (nSPS) is 15.3. The first-order valence-corrected chi connectivity index (χ1v) is 9.64. The predicted octanol–water partition coefficient (Wildman–Crippen LogP) is 4.96. The Hall–Kier alpha value is -2.09. The number of aromatic nitrogens is 5. The number of nitrogens with zero attached hydrogens (tertiary/aromatic N) is 4. The molecule has 1 fully saturated rings. The summed E-state index contributed by atoms with van der Waals surface area (Å²) in [6.07, 6.45) is 4.53. The third-order valence-corrected chi connectivity index (χ3v) is 5.61. The second-order valence-electron chi connectivity index (χ2n) is 6.56. The Kier molecular flexibility index (Phi) is 5.10. The average molecular weight is 375 g/mol. The maximum Gasteiger partial charge on any atom is 0.297 e. The van der Waals surface area contributed by atoms with Gasteiger partial charge in [0.2, 0.25) is 5.16 Å². The van der Waals surface area contributed by atoms with Crippen molar-refractivity contribution in [3.05, 3.63) is 35.9 Å². The Bertz CT molecular complexity index is 892. The van der Waals surface area contributed by atoms with Crippen molar-refractivity contribution in [2.24, 2.45) is 5.92 Å². The molecule has 1 aliphatic carbocycles. The summed E-state index contributed by atoms with van der Waals surface area (Å²) >= 11 is 1.19. The molecule has 3 aromatic rings. The highest BCUT2D eigenvalue weighted by Gasteiger charge is 2.18. The van der Waals surface area contributed by atoms with Crippen LogP contribution < -0.4 is 0 Å². The van der Waals surface area contributed by atoms with Crippen LogP contribution in [0.15, 0.2) is 34.4 Å². The van der Waals surface area contributed by atoms with E-state index in [0.717, 1.165) is 30.0 Å². The van der Waals surface area contributed by atoms with Crippen LogP contribution in [0.3, 0.4) is 0 Å². The van der Waals surface area contributed by atoms with E-state index in [-0.39, 0.29) is 0 Å². The fourth-order valence-electron chi connectivity index (χ4n) is 3.40. The van der Waals surface area contributed by atoms with Gasteiger partial charge in [-0.3, -0.25) is 5.10 Å². The molecule has 1 saturated carbocycles. The summed E-state index contributed by atoms with van der Waals surface area (Å²) in [5.41, 5.74) is 0.497. The van der Waals surface area contributed by atoms with E-state index in [1.54, 1.807) is 12.1 Å². The summed E-state index contributed by atoms with van der Waals surface area (Å²) in [4.78, 5) is 12.5. The first kappa shape index (κ1) is 17.3. The molecule has 0 amide bonds. The standard InChI is InChI=1S/C18H19F2N5S/c19-15(20)16-21-13-8-4-3-7-12(13)17(23-16)26-18-22-14(24-25-18)10-9-11-5-1-2-6-11/h3-4,7-8,11,15H,1-2,5-6,9-10H2,(H,22,24,25). The van der Waals surface area contributed by atoms with Gasteiger partial charge in [-0.2, -0.15) is 0 Å². The van der Waals surface area contributed by atoms with Crippen molar-refractivity contribution in [1.29, 1.82) is 0 Å². The smallest absolute Gasteiger partial charge is 0.262 e. The monoisotopic (exact) mass is 375 g/mol. The van der Waals surface area contributed by atoms with Crippen LogP contribution in [0.2, 0.25) is 0 Å². The predicted molar refractivity (Wildman–Crippen MR) is 95.3 cm³/mol. The average Bonchev–Trinajstić information content (AvgIpc) is 3.31. The SMILES string of the molecule is FC(F)c1nc(Sc2n[nH]c(CCC3CCCC3)n2)c2ccccc2n1. The van der Waals surface area contributed by atoms with Gasteiger partial charge in [0.15, 0.2) is 5.82 Å². The molecular weight excluding hydrogens is 356 g/mol. The topological polar surface area (TPSA) is 67.3 Å². The Morgan fingerprint density at radius 2 is 1.92 bits per heavy atom. The zero-order valence-corrected chi connectivity index (χ0v) is 15.0. The third kappa shape index (κ3) is 3.85. The molecule has 136 valence electrons. The number of H-pyrrole nitrogens is 1. The van der Waals surface area contributed by atoms with E-state index in [9.17, 15) is 8.78 Å². The minimum Gasteiger partial charge on any atom is -0.262 e. The second kappa shape index (κ2) is 7.65. The molecule has 0 radical (unpaired) electrons. The summed E-state index contributed by atoms with van der Waals surface area (Å²) in [5, 5.41) is 8.85. The molecule has 2 aromatic heterocycles. The molecule has 0 atom stereocenters. The molecule has 1 aromatic carbocycles. The number of halogens is 2. The molecule has 8 heteroatoms. The lowest BCUT2D eigenvalue weighted by Crippen LogP contribution is -1.98. The van der Waals surface area contributed by atoms with E-state index < -0.39 is 12.2 Å². The van der Waals surface area contributed by atoms with Gasteiger partial charge < -0.3 is 0 Å².